The standard InChI is InChI=1S/C18H13ClFNO3S2/c1-23-14-7-11(8-15-17(22)21-18(25)26-15)6-13(19)16(14)24-9-10-2-4-12(20)5-3-10/h2-8H,9H2,1H3,(H,21,22,25)/b15-8+. The van der Waals surface area contributed by atoms with Crippen LogP contribution in [0.1, 0.15) is 11.1 Å². The van der Waals surface area contributed by atoms with E-state index in [1.54, 1.807) is 30.3 Å². The topological polar surface area (TPSA) is 47.6 Å². The minimum Gasteiger partial charge on any atom is -0.493 e. The highest BCUT2D eigenvalue weighted by atomic mass is 35.5. The van der Waals surface area contributed by atoms with E-state index < -0.39 is 0 Å². The number of thiocarbonyl (C=S) groups is 1. The smallest absolute Gasteiger partial charge is 0.263 e. The summed E-state index contributed by atoms with van der Waals surface area (Å²) in [6.45, 7) is 0.212. The van der Waals surface area contributed by atoms with Crippen LogP contribution in [0.3, 0.4) is 0 Å². The van der Waals surface area contributed by atoms with E-state index in [0.717, 1.165) is 5.56 Å². The molecule has 0 atom stereocenters. The van der Waals surface area contributed by atoms with Crippen LogP contribution in [0, 0.1) is 5.82 Å². The zero-order valence-corrected chi connectivity index (χ0v) is 15.9. The summed E-state index contributed by atoms with van der Waals surface area (Å²) in [6.07, 6.45) is 1.68. The van der Waals surface area contributed by atoms with Crippen molar-refractivity contribution in [1.29, 1.82) is 0 Å². The van der Waals surface area contributed by atoms with Gasteiger partial charge in [0.1, 0.15) is 16.7 Å². The lowest BCUT2D eigenvalue weighted by Gasteiger charge is -2.13. The van der Waals surface area contributed by atoms with Gasteiger partial charge in [-0.15, -0.1) is 0 Å². The Morgan fingerprint density at radius 3 is 2.65 bits per heavy atom. The highest BCUT2D eigenvalue weighted by molar-refractivity contribution is 8.26. The Kier molecular flexibility index (Phi) is 5.80. The molecular formula is C18H13ClFNO3S2. The van der Waals surface area contributed by atoms with E-state index in [4.69, 9.17) is 33.3 Å². The average molecular weight is 410 g/mol. The molecule has 0 bridgehead atoms. The average Bonchev–Trinajstić information content (AvgIpc) is 2.92. The van der Waals surface area contributed by atoms with Crippen molar-refractivity contribution in [2.24, 2.45) is 0 Å². The summed E-state index contributed by atoms with van der Waals surface area (Å²) >= 11 is 12.5. The summed E-state index contributed by atoms with van der Waals surface area (Å²) in [5, 5.41) is 2.89. The quantitative estimate of drug-likeness (QED) is 0.579. The second-order valence-electron chi connectivity index (χ2n) is 5.30. The summed E-state index contributed by atoms with van der Waals surface area (Å²) < 4.78 is 24.5. The van der Waals surface area contributed by atoms with Crippen LogP contribution < -0.4 is 14.8 Å². The molecule has 0 radical (unpaired) electrons. The molecule has 0 aromatic heterocycles. The zero-order valence-electron chi connectivity index (χ0n) is 13.5. The van der Waals surface area contributed by atoms with Crippen LogP contribution in [0.5, 0.6) is 11.5 Å². The number of hydrogen-bond donors (Lipinski definition) is 1. The maximum Gasteiger partial charge on any atom is 0.263 e. The van der Waals surface area contributed by atoms with Gasteiger partial charge in [-0.25, -0.2) is 4.39 Å². The predicted octanol–water partition coefficient (Wildman–Crippen LogP) is 4.56. The van der Waals surface area contributed by atoms with Crippen LogP contribution in [0.2, 0.25) is 5.02 Å². The molecule has 2 aromatic rings. The van der Waals surface area contributed by atoms with Gasteiger partial charge in [0.05, 0.1) is 17.0 Å². The lowest BCUT2D eigenvalue weighted by Crippen LogP contribution is -2.17. The molecule has 2 aromatic carbocycles. The molecule has 4 nitrogen and oxygen atoms in total. The molecule has 134 valence electrons. The molecule has 0 unspecified atom stereocenters. The van der Waals surface area contributed by atoms with E-state index in [-0.39, 0.29) is 18.3 Å². The molecule has 26 heavy (non-hydrogen) atoms. The first-order valence-electron chi connectivity index (χ1n) is 7.46. The Morgan fingerprint density at radius 2 is 2.04 bits per heavy atom. The first-order valence-corrected chi connectivity index (χ1v) is 9.06. The summed E-state index contributed by atoms with van der Waals surface area (Å²) in [5.74, 6) is 0.249. The fourth-order valence-corrected chi connectivity index (χ4v) is 3.59. The number of methoxy groups -OCH3 is 1. The highest BCUT2D eigenvalue weighted by Gasteiger charge is 2.22. The molecule has 1 N–H and O–H groups in total. The van der Waals surface area contributed by atoms with Gasteiger partial charge in [-0.3, -0.25) is 4.79 Å². The first kappa shape index (κ1) is 18.7. The van der Waals surface area contributed by atoms with E-state index in [1.165, 1.54) is 31.0 Å². The predicted molar refractivity (Wildman–Crippen MR) is 105 cm³/mol. The SMILES string of the molecule is COc1cc(/C=C2/SC(=S)NC2=O)cc(Cl)c1OCc1ccc(F)cc1. The Bertz CT molecular complexity index is 900. The van der Waals surface area contributed by atoms with Crippen molar-refractivity contribution in [3.8, 4) is 11.5 Å². The van der Waals surface area contributed by atoms with Crippen molar-refractivity contribution in [2.45, 2.75) is 6.61 Å². The number of carbonyl (C=O) groups excluding carboxylic acids is 1. The molecule has 1 aliphatic heterocycles. The van der Waals surface area contributed by atoms with E-state index in [0.29, 0.717) is 31.3 Å². The maximum atomic E-state index is 13.0. The van der Waals surface area contributed by atoms with Crippen LogP contribution in [-0.4, -0.2) is 17.3 Å². The van der Waals surface area contributed by atoms with Crippen molar-refractivity contribution in [3.05, 3.63) is 63.3 Å². The normalized spacial score (nSPS) is 15.3. The Labute approximate surface area is 164 Å². The van der Waals surface area contributed by atoms with Crippen molar-refractivity contribution in [2.75, 3.05) is 7.11 Å². The highest BCUT2D eigenvalue weighted by Crippen LogP contribution is 2.38. The number of amides is 1. The number of rotatable bonds is 5. The summed E-state index contributed by atoms with van der Waals surface area (Å²) in [6, 6.07) is 9.38. The third-order valence-corrected chi connectivity index (χ3v) is 4.93. The van der Waals surface area contributed by atoms with Gasteiger partial charge in [-0.1, -0.05) is 47.7 Å². The minimum atomic E-state index is -0.310. The molecule has 0 saturated carbocycles. The lowest BCUT2D eigenvalue weighted by atomic mass is 10.1. The zero-order chi connectivity index (χ0) is 18.7. The van der Waals surface area contributed by atoms with E-state index in [9.17, 15) is 9.18 Å². The van der Waals surface area contributed by atoms with Gasteiger partial charge in [-0.05, 0) is 41.5 Å². The fourth-order valence-electron chi connectivity index (χ4n) is 2.27. The van der Waals surface area contributed by atoms with Crippen molar-refractivity contribution >= 4 is 51.9 Å². The van der Waals surface area contributed by atoms with Crippen molar-refractivity contribution < 1.29 is 18.7 Å². The Balaban J connectivity index is 1.83. The Morgan fingerprint density at radius 1 is 1.31 bits per heavy atom. The van der Waals surface area contributed by atoms with Gasteiger partial charge < -0.3 is 14.8 Å². The van der Waals surface area contributed by atoms with Gasteiger partial charge >= 0.3 is 0 Å². The van der Waals surface area contributed by atoms with Gasteiger partial charge in [0.15, 0.2) is 11.5 Å². The van der Waals surface area contributed by atoms with Gasteiger partial charge in [0.25, 0.3) is 5.91 Å². The third-order valence-electron chi connectivity index (χ3n) is 3.49. The molecule has 3 rings (SSSR count). The van der Waals surface area contributed by atoms with E-state index in [1.807, 2.05) is 0 Å². The third kappa shape index (κ3) is 4.35. The monoisotopic (exact) mass is 409 g/mol. The number of nitrogens with one attached hydrogen (secondary N) is 1. The van der Waals surface area contributed by atoms with Gasteiger partial charge in [-0.2, -0.15) is 0 Å². The number of thioether (sulfide) groups is 1. The minimum absolute atomic E-state index is 0.212. The van der Waals surface area contributed by atoms with Gasteiger partial charge in [0.2, 0.25) is 0 Å². The Hall–Kier alpha value is -2.09. The van der Waals surface area contributed by atoms with Crippen molar-refractivity contribution in [3.63, 3.8) is 0 Å². The molecule has 1 amide bonds. The first-order chi connectivity index (χ1) is 12.5. The lowest BCUT2D eigenvalue weighted by molar-refractivity contribution is -0.115. The largest absolute Gasteiger partial charge is 0.493 e. The second kappa shape index (κ2) is 8.07. The van der Waals surface area contributed by atoms with Crippen LogP contribution in [0.15, 0.2) is 41.3 Å². The molecule has 0 spiro atoms. The van der Waals surface area contributed by atoms with Crippen LogP contribution in [-0.2, 0) is 11.4 Å². The van der Waals surface area contributed by atoms with Crippen LogP contribution >= 0.6 is 35.6 Å². The van der Waals surface area contributed by atoms with Crippen LogP contribution in [0.25, 0.3) is 6.08 Å². The number of hydrogen-bond acceptors (Lipinski definition) is 5. The number of halogens is 2. The van der Waals surface area contributed by atoms with Crippen LogP contribution in [0.4, 0.5) is 4.39 Å². The summed E-state index contributed by atoms with van der Waals surface area (Å²) in [5.41, 5.74) is 1.48. The number of carbonyl (C=O) groups is 1. The van der Waals surface area contributed by atoms with E-state index in [2.05, 4.69) is 5.32 Å². The fraction of sp³-hybridized carbons (Fsp3) is 0.111. The molecular weight excluding hydrogens is 397 g/mol. The number of benzene rings is 2. The molecule has 1 aliphatic rings. The van der Waals surface area contributed by atoms with Gasteiger partial charge in [0, 0.05) is 0 Å². The summed E-state index contributed by atoms with van der Waals surface area (Å²) in [7, 11) is 1.50. The molecule has 1 saturated heterocycles. The number of ether oxygens (including phenoxy) is 2. The molecule has 0 aliphatic carbocycles. The van der Waals surface area contributed by atoms with Crippen molar-refractivity contribution in [1.82, 2.24) is 5.32 Å². The molecule has 8 heteroatoms. The molecule has 1 fully saturated rings. The van der Waals surface area contributed by atoms with E-state index >= 15 is 0 Å². The molecule has 1 heterocycles. The summed E-state index contributed by atoms with van der Waals surface area (Å²) in [4.78, 5) is 12.3. The second-order valence-corrected chi connectivity index (χ2v) is 7.43. The maximum absolute atomic E-state index is 13.0.